The summed E-state index contributed by atoms with van der Waals surface area (Å²) in [5.41, 5.74) is 0.0285. The number of aliphatic hydroxyl groups excluding tert-OH is 1. The minimum atomic E-state index is -1.28. The molecular weight excluding hydrogens is 684 g/mol. The molecule has 17 heteroatoms. The molecule has 276 valence electrons. The summed E-state index contributed by atoms with van der Waals surface area (Å²) in [7, 11) is 4.02. The first-order chi connectivity index (χ1) is 24.9. The molecular formula is C35H39F2N7O8. The number of fused-ring (bicyclic) bond motifs is 1. The van der Waals surface area contributed by atoms with Gasteiger partial charge in [0.05, 0.1) is 63.2 Å². The van der Waals surface area contributed by atoms with E-state index in [-0.39, 0.29) is 60.0 Å². The van der Waals surface area contributed by atoms with Crippen molar-refractivity contribution in [1.29, 1.82) is 0 Å². The molecule has 3 unspecified atom stereocenters. The third-order valence-corrected chi connectivity index (χ3v) is 8.61. The highest BCUT2D eigenvalue weighted by atomic mass is 19.1. The molecule has 5 rings (SSSR count). The first-order valence-corrected chi connectivity index (χ1v) is 16.2. The van der Waals surface area contributed by atoms with Crippen LogP contribution in [-0.2, 0) is 9.53 Å². The van der Waals surface area contributed by atoms with E-state index in [1.165, 1.54) is 66.0 Å². The largest absolute Gasteiger partial charge is 0.497 e. The van der Waals surface area contributed by atoms with Crippen LogP contribution in [0.25, 0.3) is 10.9 Å². The highest BCUT2D eigenvalue weighted by Crippen LogP contribution is 2.37. The molecule has 15 nitrogen and oxygen atoms in total. The highest BCUT2D eigenvalue weighted by Gasteiger charge is 2.35. The molecule has 2 heterocycles. The zero-order valence-corrected chi connectivity index (χ0v) is 29.1. The maximum absolute atomic E-state index is 14.5. The van der Waals surface area contributed by atoms with Crippen LogP contribution >= 0.6 is 0 Å². The van der Waals surface area contributed by atoms with E-state index in [1.807, 2.05) is 0 Å². The Kier molecular flexibility index (Phi) is 11.4. The third kappa shape index (κ3) is 7.83. The Balaban J connectivity index is 1.58. The average molecular weight is 724 g/mol. The van der Waals surface area contributed by atoms with Crippen molar-refractivity contribution >= 4 is 40.3 Å². The molecule has 1 aliphatic rings. The maximum atomic E-state index is 14.5. The van der Waals surface area contributed by atoms with E-state index in [2.05, 4.69) is 15.4 Å². The summed E-state index contributed by atoms with van der Waals surface area (Å²) in [4.78, 5) is 61.2. The van der Waals surface area contributed by atoms with Crippen molar-refractivity contribution < 1.29 is 42.5 Å². The van der Waals surface area contributed by atoms with Gasteiger partial charge in [0, 0.05) is 30.9 Å². The fourth-order valence-corrected chi connectivity index (χ4v) is 5.91. The van der Waals surface area contributed by atoms with E-state index in [1.54, 1.807) is 30.1 Å². The number of nitrogens with zero attached hydrogens (tertiary/aromatic N) is 5. The second-order valence-electron chi connectivity index (χ2n) is 11.9. The summed E-state index contributed by atoms with van der Waals surface area (Å²) in [5, 5.41) is 17.1. The number of nitrogens with one attached hydrogen (secondary N) is 2. The Labute approximate surface area is 297 Å². The standard InChI is InChI=1S/C35H39F2N7O8/c1-20(43(28-13-11-25(50-3)19-29(28)51-4)34(48)38-24-9-6-22(36)7-10-24)31-39-27-18-23(37)8-12-26(27)32(46)44(31)42-16-14-41(15-17-42)33(47)30(21(2)45)40-35(49)52-5/h6-13,18-21,30,45H,14-17H2,1-5H3,(H,38,48)(H,40,49). The van der Waals surface area contributed by atoms with Crippen molar-refractivity contribution in [2.75, 3.05) is 62.7 Å². The van der Waals surface area contributed by atoms with Crippen molar-refractivity contribution in [2.45, 2.75) is 32.0 Å². The van der Waals surface area contributed by atoms with Gasteiger partial charge in [-0.05, 0) is 62.4 Å². The van der Waals surface area contributed by atoms with Gasteiger partial charge in [0.25, 0.3) is 5.56 Å². The van der Waals surface area contributed by atoms with Crippen LogP contribution in [0.5, 0.6) is 11.5 Å². The fourth-order valence-electron chi connectivity index (χ4n) is 5.91. The van der Waals surface area contributed by atoms with E-state index in [9.17, 15) is 33.1 Å². The number of urea groups is 1. The summed E-state index contributed by atoms with van der Waals surface area (Å²) in [5.74, 6) is -0.956. The molecule has 52 heavy (non-hydrogen) atoms. The lowest BCUT2D eigenvalue weighted by molar-refractivity contribution is -0.136. The number of hydrogen-bond donors (Lipinski definition) is 3. The van der Waals surface area contributed by atoms with E-state index in [0.29, 0.717) is 5.75 Å². The SMILES string of the molecule is COC(=O)NC(C(=O)N1CCN(n2c(C(C)N(C(=O)Nc3ccc(F)cc3)c3ccc(OC)cc3OC)nc3cc(F)ccc3c2=O)CC1)C(C)O. The van der Waals surface area contributed by atoms with Gasteiger partial charge in [-0.2, -0.15) is 0 Å². The van der Waals surface area contributed by atoms with Gasteiger partial charge in [-0.15, -0.1) is 0 Å². The molecule has 4 aromatic rings. The Morgan fingerprint density at radius 1 is 0.904 bits per heavy atom. The number of amides is 4. The predicted molar refractivity (Wildman–Crippen MR) is 187 cm³/mol. The lowest BCUT2D eigenvalue weighted by Crippen LogP contribution is -2.61. The van der Waals surface area contributed by atoms with Crippen molar-refractivity contribution in [3.8, 4) is 11.5 Å². The number of piperazine rings is 1. The normalized spacial score (nSPS) is 14.6. The molecule has 1 aliphatic heterocycles. The zero-order valence-electron chi connectivity index (χ0n) is 29.1. The number of anilines is 2. The molecule has 0 bridgehead atoms. The molecule has 1 fully saturated rings. The number of methoxy groups -OCH3 is 3. The number of hydrogen-bond acceptors (Lipinski definition) is 10. The van der Waals surface area contributed by atoms with Crippen LogP contribution in [-0.4, -0.2) is 97.4 Å². The van der Waals surface area contributed by atoms with Gasteiger partial charge in [-0.1, -0.05) is 0 Å². The minimum Gasteiger partial charge on any atom is -0.497 e. The Morgan fingerprint density at radius 3 is 2.19 bits per heavy atom. The van der Waals surface area contributed by atoms with Crippen molar-refractivity contribution in [1.82, 2.24) is 19.9 Å². The van der Waals surface area contributed by atoms with Crippen LogP contribution < -0.4 is 35.6 Å². The molecule has 0 aliphatic carbocycles. The first-order valence-electron chi connectivity index (χ1n) is 16.2. The Hall–Kier alpha value is -5.97. The van der Waals surface area contributed by atoms with Gasteiger partial charge >= 0.3 is 12.1 Å². The smallest absolute Gasteiger partial charge is 0.407 e. The van der Waals surface area contributed by atoms with Crippen LogP contribution in [0.3, 0.4) is 0 Å². The average Bonchev–Trinajstić information content (AvgIpc) is 3.14. The van der Waals surface area contributed by atoms with Crippen LogP contribution in [0, 0.1) is 11.6 Å². The maximum Gasteiger partial charge on any atom is 0.407 e. The van der Waals surface area contributed by atoms with Crippen LogP contribution in [0.4, 0.5) is 29.7 Å². The molecule has 0 saturated carbocycles. The van der Waals surface area contributed by atoms with Crippen molar-refractivity contribution in [3.05, 3.63) is 88.5 Å². The summed E-state index contributed by atoms with van der Waals surface area (Å²) >= 11 is 0. The van der Waals surface area contributed by atoms with Gasteiger partial charge in [0.1, 0.15) is 29.2 Å². The molecule has 0 spiro atoms. The summed E-state index contributed by atoms with van der Waals surface area (Å²) in [6, 6.07) is 10.5. The number of alkyl carbamates (subject to hydrolysis) is 1. The highest BCUT2D eigenvalue weighted by molar-refractivity contribution is 6.03. The topological polar surface area (TPSA) is 168 Å². The van der Waals surface area contributed by atoms with Crippen molar-refractivity contribution in [2.24, 2.45) is 0 Å². The zero-order chi connectivity index (χ0) is 37.7. The third-order valence-electron chi connectivity index (χ3n) is 8.61. The molecule has 1 aromatic heterocycles. The van der Waals surface area contributed by atoms with Crippen LogP contribution in [0.1, 0.15) is 25.7 Å². The Morgan fingerprint density at radius 2 is 1.58 bits per heavy atom. The lowest BCUT2D eigenvalue weighted by atomic mass is 10.1. The Bertz CT molecular complexity index is 2000. The number of benzene rings is 3. The predicted octanol–water partition coefficient (Wildman–Crippen LogP) is 3.38. The molecule has 1 saturated heterocycles. The molecule has 3 N–H and O–H groups in total. The van der Waals surface area contributed by atoms with Gasteiger partial charge in [0.15, 0.2) is 5.82 Å². The van der Waals surface area contributed by atoms with Gasteiger partial charge < -0.3 is 39.9 Å². The number of aromatic nitrogens is 2. The molecule has 4 amide bonds. The van der Waals surface area contributed by atoms with Gasteiger partial charge in [-0.3, -0.25) is 14.5 Å². The second kappa shape index (κ2) is 15.9. The number of carbonyl (C=O) groups excluding carboxylic acids is 3. The minimum absolute atomic E-state index is 0.0456. The molecule has 3 aromatic carbocycles. The summed E-state index contributed by atoms with van der Waals surface area (Å²) < 4.78 is 45.1. The molecule has 0 radical (unpaired) electrons. The van der Waals surface area contributed by atoms with E-state index < -0.39 is 53.4 Å². The van der Waals surface area contributed by atoms with E-state index in [0.717, 1.165) is 19.2 Å². The second-order valence-corrected chi connectivity index (χ2v) is 11.9. The lowest BCUT2D eigenvalue weighted by Gasteiger charge is -2.40. The number of halogens is 2. The number of aliphatic hydroxyl groups is 1. The van der Waals surface area contributed by atoms with Gasteiger partial charge in [-0.25, -0.2) is 28.0 Å². The number of ether oxygens (including phenoxy) is 3. The summed E-state index contributed by atoms with van der Waals surface area (Å²) in [6.45, 7) is 3.34. The first kappa shape index (κ1) is 37.3. The summed E-state index contributed by atoms with van der Waals surface area (Å²) in [6.07, 6.45) is -2.12. The quantitative estimate of drug-likeness (QED) is 0.221. The van der Waals surface area contributed by atoms with E-state index >= 15 is 0 Å². The van der Waals surface area contributed by atoms with Crippen LogP contribution in [0.2, 0.25) is 0 Å². The number of carbonyl (C=O) groups is 3. The van der Waals surface area contributed by atoms with E-state index in [4.69, 9.17) is 14.5 Å². The van der Waals surface area contributed by atoms with Crippen LogP contribution in [0.15, 0.2) is 65.5 Å². The monoisotopic (exact) mass is 723 g/mol. The molecule has 3 atom stereocenters. The van der Waals surface area contributed by atoms with Gasteiger partial charge in [0.2, 0.25) is 5.91 Å². The van der Waals surface area contributed by atoms with Crippen molar-refractivity contribution in [3.63, 3.8) is 0 Å². The fraction of sp³-hybridized carbons (Fsp3) is 0.343. The number of rotatable bonds is 10.